The summed E-state index contributed by atoms with van der Waals surface area (Å²) in [5.74, 6) is 0.954. The molecule has 0 saturated heterocycles. The van der Waals surface area contributed by atoms with Crippen LogP contribution in [0.1, 0.15) is 26.2 Å². The van der Waals surface area contributed by atoms with Crippen LogP contribution in [0.25, 0.3) is 0 Å². The Bertz CT molecular complexity index is 105. The van der Waals surface area contributed by atoms with Gasteiger partial charge in [0, 0.05) is 3.92 Å². The molecule has 0 N–H and O–H groups in total. The number of alkyl halides is 1. The van der Waals surface area contributed by atoms with E-state index in [9.17, 15) is 0 Å². The third kappa shape index (κ3) is 2.28. The first kappa shape index (κ1) is 7.58. The highest BCUT2D eigenvalue weighted by Crippen LogP contribution is 2.25. The molecule has 0 aromatic carbocycles. The van der Waals surface area contributed by atoms with Crippen molar-refractivity contribution in [1.29, 1.82) is 0 Å². The third-order valence-electron chi connectivity index (χ3n) is 1.96. The second kappa shape index (κ2) is 3.59. The van der Waals surface area contributed by atoms with E-state index in [4.69, 9.17) is 0 Å². The van der Waals surface area contributed by atoms with Gasteiger partial charge in [0.25, 0.3) is 0 Å². The van der Waals surface area contributed by atoms with Crippen LogP contribution in [0, 0.1) is 5.92 Å². The molecule has 0 saturated carbocycles. The van der Waals surface area contributed by atoms with Crippen LogP contribution in [-0.2, 0) is 0 Å². The molecule has 0 fully saturated rings. The van der Waals surface area contributed by atoms with Gasteiger partial charge in [0.2, 0.25) is 0 Å². The summed E-state index contributed by atoms with van der Waals surface area (Å²) in [6.07, 6.45) is 8.64. The Hall–Kier alpha value is 0.470. The van der Waals surface area contributed by atoms with Gasteiger partial charge in [-0.2, -0.15) is 0 Å². The number of rotatable bonds is 1. The summed E-state index contributed by atoms with van der Waals surface area (Å²) in [7, 11) is 0. The molecule has 2 atom stereocenters. The molecule has 0 bridgehead atoms. The lowest BCUT2D eigenvalue weighted by Crippen LogP contribution is -2.11. The average molecular weight is 236 g/mol. The average Bonchev–Trinajstić information content (AvgIpc) is 1.90. The standard InChI is InChI=1S/C8H13I/c1-7(9)8-5-3-2-4-6-8/h2-3,7-8H,4-6H2,1H3. The second-order valence-electron chi connectivity index (χ2n) is 2.72. The van der Waals surface area contributed by atoms with Gasteiger partial charge in [0.1, 0.15) is 0 Å². The van der Waals surface area contributed by atoms with Crippen LogP contribution >= 0.6 is 22.6 Å². The quantitative estimate of drug-likeness (QED) is 0.372. The molecule has 2 unspecified atom stereocenters. The molecule has 52 valence electrons. The summed E-state index contributed by atoms with van der Waals surface area (Å²) in [6, 6.07) is 0. The van der Waals surface area contributed by atoms with E-state index in [0.717, 1.165) is 9.84 Å². The van der Waals surface area contributed by atoms with Gasteiger partial charge in [-0.05, 0) is 25.2 Å². The smallest absolute Gasteiger partial charge is 0.0113 e. The zero-order valence-electron chi connectivity index (χ0n) is 5.81. The van der Waals surface area contributed by atoms with Crippen LogP contribution in [0.4, 0.5) is 0 Å². The van der Waals surface area contributed by atoms with E-state index in [0.29, 0.717) is 0 Å². The lowest BCUT2D eigenvalue weighted by atomic mass is 9.92. The van der Waals surface area contributed by atoms with Crippen molar-refractivity contribution in [3.05, 3.63) is 12.2 Å². The van der Waals surface area contributed by atoms with Crippen LogP contribution < -0.4 is 0 Å². The number of allylic oxidation sites excluding steroid dienone is 2. The van der Waals surface area contributed by atoms with Crippen molar-refractivity contribution in [3.63, 3.8) is 0 Å². The predicted octanol–water partition coefficient (Wildman–Crippen LogP) is 3.17. The lowest BCUT2D eigenvalue weighted by Gasteiger charge is -2.19. The van der Waals surface area contributed by atoms with E-state index < -0.39 is 0 Å². The SMILES string of the molecule is CC(I)C1CC=CCC1. The molecule has 0 aromatic rings. The molecular weight excluding hydrogens is 223 g/mol. The summed E-state index contributed by atoms with van der Waals surface area (Å²) in [6.45, 7) is 2.31. The Kier molecular flexibility index (Phi) is 3.02. The Labute approximate surface area is 70.9 Å². The molecule has 0 heterocycles. The highest BCUT2D eigenvalue weighted by Gasteiger charge is 2.13. The minimum absolute atomic E-state index is 0.854. The van der Waals surface area contributed by atoms with Crippen molar-refractivity contribution in [1.82, 2.24) is 0 Å². The van der Waals surface area contributed by atoms with Gasteiger partial charge >= 0.3 is 0 Å². The Morgan fingerprint density at radius 1 is 1.56 bits per heavy atom. The summed E-state index contributed by atoms with van der Waals surface area (Å²) in [5.41, 5.74) is 0. The Morgan fingerprint density at radius 2 is 2.33 bits per heavy atom. The van der Waals surface area contributed by atoms with Gasteiger partial charge in [-0.1, -0.05) is 41.7 Å². The summed E-state index contributed by atoms with van der Waals surface area (Å²) < 4.78 is 0.854. The number of halogens is 1. The van der Waals surface area contributed by atoms with Gasteiger partial charge in [-0.15, -0.1) is 0 Å². The number of hydrogen-bond donors (Lipinski definition) is 0. The topological polar surface area (TPSA) is 0 Å². The van der Waals surface area contributed by atoms with Crippen molar-refractivity contribution in [2.45, 2.75) is 30.1 Å². The predicted molar refractivity (Wildman–Crippen MR) is 50.0 cm³/mol. The molecule has 1 rings (SSSR count). The maximum atomic E-state index is 2.53. The monoisotopic (exact) mass is 236 g/mol. The van der Waals surface area contributed by atoms with Crippen molar-refractivity contribution in [2.24, 2.45) is 5.92 Å². The fraction of sp³-hybridized carbons (Fsp3) is 0.750. The number of hydrogen-bond acceptors (Lipinski definition) is 0. The van der Waals surface area contributed by atoms with E-state index in [1.54, 1.807) is 0 Å². The molecule has 0 amide bonds. The fourth-order valence-electron chi connectivity index (χ4n) is 1.23. The summed E-state index contributed by atoms with van der Waals surface area (Å²) in [4.78, 5) is 0. The molecule has 0 nitrogen and oxygen atoms in total. The highest BCUT2D eigenvalue weighted by molar-refractivity contribution is 14.1. The zero-order chi connectivity index (χ0) is 6.69. The lowest BCUT2D eigenvalue weighted by molar-refractivity contribution is 0.487. The first-order chi connectivity index (χ1) is 4.30. The Morgan fingerprint density at radius 3 is 2.67 bits per heavy atom. The largest absolute Gasteiger partial charge is 0.0885 e. The highest BCUT2D eigenvalue weighted by atomic mass is 127. The van der Waals surface area contributed by atoms with Crippen LogP contribution in [0.2, 0.25) is 0 Å². The van der Waals surface area contributed by atoms with Crippen LogP contribution in [0.15, 0.2) is 12.2 Å². The molecule has 1 aliphatic carbocycles. The van der Waals surface area contributed by atoms with Crippen LogP contribution in [-0.4, -0.2) is 3.92 Å². The maximum Gasteiger partial charge on any atom is 0.0113 e. The molecule has 0 spiro atoms. The van der Waals surface area contributed by atoms with E-state index in [1.165, 1.54) is 19.3 Å². The third-order valence-corrected chi connectivity index (χ3v) is 2.98. The summed E-state index contributed by atoms with van der Waals surface area (Å²) >= 11 is 2.53. The molecule has 0 aliphatic heterocycles. The van der Waals surface area contributed by atoms with E-state index in [1.807, 2.05) is 0 Å². The Balaban J connectivity index is 2.35. The molecule has 9 heavy (non-hydrogen) atoms. The van der Waals surface area contributed by atoms with Gasteiger partial charge < -0.3 is 0 Å². The van der Waals surface area contributed by atoms with E-state index in [-0.39, 0.29) is 0 Å². The maximum absolute atomic E-state index is 2.53. The van der Waals surface area contributed by atoms with E-state index >= 15 is 0 Å². The molecule has 0 aromatic heterocycles. The molecule has 1 heteroatoms. The zero-order valence-corrected chi connectivity index (χ0v) is 7.97. The van der Waals surface area contributed by atoms with Gasteiger partial charge in [0.15, 0.2) is 0 Å². The normalized spacial score (nSPS) is 30.2. The minimum Gasteiger partial charge on any atom is -0.0885 e. The van der Waals surface area contributed by atoms with Crippen molar-refractivity contribution >= 4 is 22.6 Å². The first-order valence-electron chi connectivity index (χ1n) is 3.60. The van der Waals surface area contributed by atoms with Gasteiger partial charge in [-0.25, -0.2) is 0 Å². The second-order valence-corrected chi connectivity index (χ2v) is 4.69. The minimum atomic E-state index is 0.854. The molecule has 0 radical (unpaired) electrons. The fourth-order valence-corrected chi connectivity index (χ4v) is 1.89. The van der Waals surface area contributed by atoms with Gasteiger partial charge in [-0.3, -0.25) is 0 Å². The summed E-state index contributed by atoms with van der Waals surface area (Å²) in [5, 5.41) is 0. The van der Waals surface area contributed by atoms with E-state index in [2.05, 4.69) is 41.7 Å². The van der Waals surface area contributed by atoms with Crippen molar-refractivity contribution in [2.75, 3.05) is 0 Å². The molecular formula is C8H13I. The van der Waals surface area contributed by atoms with Crippen molar-refractivity contribution < 1.29 is 0 Å². The first-order valence-corrected chi connectivity index (χ1v) is 4.84. The molecule has 1 aliphatic rings. The van der Waals surface area contributed by atoms with Crippen LogP contribution in [0.3, 0.4) is 0 Å². The van der Waals surface area contributed by atoms with Gasteiger partial charge in [0.05, 0.1) is 0 Å². The van der Waals surface area contributed by atoms with Crippen LogP contribution in [0.5, 0.6) is 0 Å². The van der Waals surface area contributed by atoms with Crippen molar-refractivity contribution in [3.8, 4) is 0 Å².